The second kappa shape index (κ2) is 7.82. The Morgan fingerprint density at radius 2 is 1.82 bits per heavy atom. The molecule has 0 bridgehead atoms. The monoisotopic (exact) mass is 312 g/mol. The SMILES string of the molecule is CC(C)=CCC/C(C)=C/C(=O)Oc1ccccc1C(F)(F)F. The third-order valence-corrected chi connectivity index (χ3v) is 2.86. The summed E-state index contributed by atoms with van der Waals surface area (Å²) >= 11 is 0. The highest BCUT2D eigenvalue weighted by molar-refractivity contribution is 5.85. The van der Waals surface area contributed by atoms with E-state index in [0.717, 1.165) is 24.1 Å². The standard InChI is InChI=1S/C17H19F3O2/c1-12(2)7-6-8-13(3)11-16(21)22-15-10-5-4-9-14(15)17(18,19)20/h4-5,7,9-11H,6,8H2,1-3H3/b13-11+. The molecule has 0 unspecified atom stereocenters. The summed E-state index contributed by atoms with van der Waals surface area (Å²) in [6.45, 7) is 5.69. The lowest BCUT2D eigenvalue weighted by Gasteiger charge is -2.11. The molecule has 0 aliphatic carbocycles. The molecule has 0 amide bonds. The number of benzene rings is 1. The van der Waals surface area contributed by atoms with Crippen LogP contribution >= 0.6 is 0 Å². The molecule has 2 nitrogen and oxygen atoms in total. The lowest BCUT2D eigenvalue weighted by molar-refractivity contribution is -0.140. The molecule has 1 aromatic rings. The maximum Gasteiger partial charge on any atom is 0.419 e. The van der Waals surface area contributed by atoms with Crippen molar-refractivity contribution in [3.05, 3.63) is 53.1 Å². The number of hydrogen-bond donors (Lipinski definition) is 0. The number of para-hydroxylation sites is 1. The number of ether oxygens (including phenoxy) is 1. The van der Waals surface area contributed by atoms with E-state index in [4.69, 9.17) is 4.74 Å². The molecule has 0 N–H and O–H groups in total. The topological polar surface area (TPSA) is 26.3 Å². The molecule has 0 heterocycles. The fourth-order valence-corrected chi connectivity index (χ4v) is 1.79. The number of hydrogen-bond acceptors (Lipinski definition) is 2. The first-order valence-corrected chi connectivity index (χ1v) is 6.88. The first kappa shape index (κ1) is 18.0. The van der Waals surface area contributed by atoms with Crippen LogP contribution < -0.4 is 4.74 Å². The van der Waals surface area contributed by atoms with Gasteiger partial charge in [-0.25, -0.2) is 4.79 Å². The Kier molecular flexibility index (Phi) is 6.40. The maximum atomic E-state index is 12.8. The zero-order chi connectivity index (χ0) is 16.8. The molecule has 5 heteroatoms. The highest BCUT2D eigenvalue weighted by Crippen LogP contribution is 2.35. The van der Waals surface area contributed by atoms with Crippen LogP contribution in [0.1, 0.15) is 39.2 Å². The van der Waals surface area contributed by atoms with Crippen LogP contribution in [0.15, 0.2) is 47.6 Å². The predicted molar refractivity (Wildman–Crippen MR) is 79.5 cm³/mol. The van der Waals surface area contributed by atoms with Gasteiger partial charge in [0.15, 0.2) is 0 Å². The molecule has 0 saturated carbocycles. The zero-order valence-corrected chi connectivity index (χ0v) is 12.8. The lowest BCUT2D eigenvalue weighted by atomic mass is 10.1. The van der Waals surface area contributed by atoms with E-state index in [1.807, 2.05) is 19.9 Å². The van der Waals surface area contributed by atoms with E-state index in [-0.39, 0.29) is 0 Å². The van der Waals surface area contributed by atoms with Crippen LogP contribution in [0.5, 0.6) is 5.75 Å². The average molecular weight is 312 g/mol. The van der Waals surface area contributed by atoms with Crippen molar-refractivity contribution in [1.82, 2.24) is 0 Å². The van der Waals surface area contributed by atoms with Gasteiger partial charge < -0.3 is 4.74 Å². The first-order chi connectivity index (χ1) is 10.2. The minimum atomic E-state index is -4.56. The molecule has 0 fully saturated rings. The summed E-state index contributed by atoms with van der Waals surface area (Å²) in [4.78, 5) is 11.7. The van der Waals surface area contributed by atoms with Gasteiger partial charge in [0.25, 0.3) is 0 Å². The summed E-state index contributed by atoms with van der Waals surface area (Å²) in [7, 11) is 0. The molecule has 1 rings (SSSR count). The predicted octanol–water partition coefficient (Wildman–Crippen LogP) is 5.30. The zero-order valence-electron chi connectivity index (χ0n) is 12.8. The van der Waals surface area contributed by atoms with Crippen LogP contribution in [0.25, 0.3) is 0 Å². The summed E-state index contributed by atoms with van der Waals surface area (Å²) < 4.78 is 43.2. The summed E-state index contributed by atoms with van der Waals surface area (Å²) in [5.41, 5.74) is 0.973. The van der Waals surface area contributed by atoms with E-state index in [0.29, 0.717) is 6.42 Å². The smallest absolute Gasteiger partial charge is 0.419 e. The van der Waals surface area contributed by atoms with Crippen LogP contribution in [-0.2, 0) is 11.0 Å². The van der Waals surface area contributed by atoms with E-state index in [9.17, 15) is 18.0 Å². The molecular formula is C17H19F3O2. The van der Waals surface area contributed by atoms with Gasteiger partial charge in [0.2, 0.25) is 0 Å². The third kappa shape index (κ3) is 6.16. The Morgan fingerprint density at radius 1 is 1.18 bits per heavy atom. The van der Waals surface area contributed by atoms with Crippen LogP contribution in [0.2, 0.25) is 0 Å². The normalized spacial score (nSPS) is 12.0. The van der Waals surface area contributed by atoms with Crippen molar-refractivity contribution >= 4 is 5.97 Å². The van der Waals surface area contributed by atoms with Gasteiger partial charge in [-0.2, -0.15) is 13.2 Å². The van der Waals surface area contributed by atoms with Crippen LogP contribution in [-0.4, -0.2) is 5.97 Å². The Morgan fingerprint density at radius 3 is 2.41 bits per heavy atom. The Labute approximate surface area is 128 Å². The van der Waals surface area contributed by atoms with Gasteiger partial charge in [0, 0.05) is 6.08 Å². The number of carbonyl (C=O) groups is 1. The van der Waals surface area contributed by atoms with Gasteiger partial charge >= 0.3 is 12.1 Å². The summed E-state index contributed by atoms with van der Waals surface area (Å²) in [5, 5.41) is 0. The van der Waals surface area contributed by atoms with Gasteiger partial charge in [-0.05, 0) is 45.7 Å². The largest absolute Gasteiger partial charge is 0.423 e. The molecule has 0 atom stereocenters. The molecule has 1 aromatic carbocycles. The Balaban J connectivity index is 2.75. The van der Waals surface area contributed by atoms with Crippen molar-refractivity contribution in [2.24, 2.45) is 0 Å². The quantitative estimate of drug-likeness (QED) is 0.319. The van der Waals surface area contributed by atoms with Gasteiger partial charge in [-0.15, -0.1) is 0 Å². The van der Waals surface area contributed by atoms with Crippen LogP contribution in [0.4, 0.5) is 13.2 Å². The number of alkyl halides is 3. The van der Waals surface area contributed by atoms with E-state index in [2.05, 4.69) is 0 Å². The minimum Gasteiger partial charge on any atom is -0.423 e. The van der Waals surface area contributed by atoms with Crippen LogP contribution in [0, 0.1) is 0 Å². The highest BCUT2D eigenvalue weighted by atomic mass is 19.4. The second-order valence-corrected chi connectivity index (χ2v) is 5.23. The number of carbonyl (C=O) groups excluding carboxylic acids is 1. The molecule has 0 aliphatic rings. The molecule has 0 aliphatic heterocycles. The molecule has 0 spiro atoms. The summed E-state index contributed by atoms with van der Waals surface area (Å²) in [6, 6.07) is 4.66. The average Bonchev–Trinajstić information content (AvgIpc) is 2.37. The lowest BCUT2D eigenvalue weighted by Crippen LogP contribution is -2.12. The highest BCUT2D eigenvalue weighted by Gasteiger charge is 2.34. The van der Waals surface area contributed by atoms with E-state index < -0.39 is 23.5 Å². The number of allylic oxidation sites excluding steroid dienone is 3. The summed E-state index contributed by atoms with van der Waals surface area (Å²) in [6.07, 6.45) is 0.130. The first-order valence-electron chi connectivity index (χ1n) is 6.88. The van der Waals surface area contributed by atoms with Crippen LogP contribution in [0.3, 0.4) is 0 Å². The fraction of sp³-hybridized carbons (Fsp3) is 0.353. The van der Waals surface area contributed by atoms with Crippen molar-refractivity contribution in [1.29, 1.82) is 0 Å². The molecule has 0 saturated heterocycles. The third-order valence-electron chi connectivity index (χ3n) is 2.86. The summed E-state index contributed by atoms with van der Waals surface area (Å²) in [5.74, 6) is -1.28. The van der Waals surface area contributed by atoms with Gasteiger partial charge in [-0.3, -0.25) is 0 Å². The molecule has 0 radical (unpaired) electrons. The van der Waals surface area contributed by atoms with E-state index in [1.54, 1.807) is 6.92 Å². The Bertz CT molecular complexity index is 580. The van der Waals surface area contributed by atoms with Crippen molar-refractivity contribution < 1.29 is 22.7 Å². The molecule has 120 valence electrons. The van der Waals surface area contributed by atoms with Gasteiger partial charge in [0.1, 0.15) is 5.75 Å². The second-order valence-electron chi connectivity index (χ2n) is 5.23. The van der Waals surface area contributed by atoms with E-state index >= 15 is 0 Å². The molecule has 0 aromatic heterocycles. The molecule has 22 heavy (non-hydrogen) atoms. The van der Waals surface area contributed by atoms with Crippen molar-refractivity contribution in [3.63, 3.8) is 0 Å². The Hall–Kier alpha value is -2.04. The number of esters is 1. The maximum absolute atomic E-state index is 12.8. The van der Waals surface area contributed by atoms with Gasteiger partial charge in [-0.1, -0.05) is 29.4 Å². The minimum absolute atomic E-state index is 0.478. The fourth-order valence-electron chi connectivity index (χ4n) is 1.79. The van der Waals surface area contributed by atoms with Gasteiger partial charge in [0.05, 0.1) is 5.56 Å². The number of rotatable bonds is 5. The number of halogens is 3. The van der Waals surface area contributed by atoms with Crippen molar-refractivity contribution in [2.75, 3.05) is 0 Å². The molecular weight excluding hydrogens is 293 g/mol. The van der Waals surface area contributed by atoms with Crippen molar-refractivity contribution in [2.45, 2.75) is 39.8 Å². The van der Waals surface area contributed by atoms with E-state index in [1.165, 1.54) is 23.8 Å². The van der Waals surface area contributed by atoms with Crippen molar-refractivity contribution in [3.8, 4) is 5.75 Å².